The summed E-state index contributed by atoms with van der Waals surface area (Å²) in [5.41, 5.74) is 1.76. The van der Waals surface area contributed by atoms with Crippen LogP contribution in [0.1, 0.15) is 51.1 Å². The van der Waals surface area contributed by atoms with Gasteiger partial charge in [-0.05, 0) is 23.8 Å². The minimum absolute atomic E-state index is 0.183. The summed E-state index contributed by atoms with van der Waals surface area (Å²) >= 11 is 0. The molecule has 1 atom stereocenters. The summed E-state index contributed by atoms with van der Waals surface area (Å²) in [5, 5.41) is 9.70. The van der Waals surface area contributed by atoms with Crippen molar-refractivity contribution in [3.05, 3.63) is 35.9 Å². The molecule has 0 amide bonds. The highest BCUT2D eigenvalue weighted by molar-refractivity contribution is 5.20. The largest absolute Gasteiger partial charge is 0.394 e. The van der Waals surface area contributed by atoms with Gasteiger partial charge < -0.3 is 5.11 Å². The SMILES string of the molecule is CCCC1(CCC)CN([C@@H](CO)c2ccccc2)C1. The van der Waals surface area contributed by atoms with Crippen LogP contribution in [0.5, 0.6) is 0 Å². The van der Waals surface area contributed by atoms with E-state index in [1.165, 1.54) is 31.2 Å². The van der Waals surface area contributed by atoms with Gasteiger partial charge in [0.05, 0.1) is 12.6 Å². The van der Waals surface area contributed by atoms with E-state index < -0.39 is 0 Å². The smallest absolute Gasteiger partial charge is 0.0628 e. The van der Waals surface area contributed by atoms with Gasteiger partial charge in [-0.1, -0.05) is 57.0 Å². The second kappa shape index (κ2) is 6.53. The van der Waals surface area contributed by atoms with Crippen molar-refractivity contribution in [3.8, 4) is 0 Å². The van der Waals surface area contributed by atoms with Gasteiger partial charge in [0, 0.05) is 13.1 Å². The van der Waals surface area contributed by atoms with Crippen molar-refractivity contribution in [1.82, 2.24) is 4.90 Å². The molecule has 1 saturated heterocycles. The fraction of sp³-hybridized carbons (Fsp3) is 0.647. The van der Waals surface area contributed by atoms with E-state index in [-0.39, 0.29) is 12.6 Å². The second-order valence-electron chi connectivity index (χ2n) is 6.01. The van der Waals surface area contributed by atoms with Crippen molar-refractivity contribution in [2.45, 2.75) is 45.6 Å². The first-order chi connectivity index (χ1) is 9.24. The standard InChI is InChI=1S/C17H27NO/c1-3-10-17(11-4-2)13-18(14-17)16(12-19)15-8-6-5-7-9-15/h5-9,16,19H,3-4,10-14H2,1-2H3/t16-/m0/s1. The van der Waals surface area contributed by atoms with Crippen LogP contribution >= 0.6 is 0 Å². The molecule has 106 valence electrons. The van der Waals surface area contributed by atoms with Crippen molar-refractivity contribution in [3.63, 3.8) is 0 Å². The predicted octanol–water partition coefficient (Wildman–Crippen LogP) is 3.62. The van der Waals surface area contributed by atoms with Gasteiger partial charge >= 0.3 is 0 Å². The maximum atomic E-state index is 9.70. The maximum absolute atomic E-state index is 9.70. The van der Waals surface area contributed by atoms with E-state index >= 15 is 0 Å². The van der Waals surface area contributed by atoms with Crippen molar-refractivity contribution >= 4 is 0 Å². The molecule has 0 saturated carbocycles. The normalized spacial score (nSPS) is 19.9. The molecule has 0 aliphatic carbocycles. The molecule has 0 aromatic heterocycles. The Morgan fingerprint density at radius 2 is 1.68 bits per heavy atom. The third-order valence-corrected chi connectivity index (χ3v) is 4.44. The van der Waals surface area contributed by atoms with Crippen LogP contribution < -0.4 is 0 Å². The van der Waals surface area contributed by atoms with Gasteiger partial charge in [0.2, 0.25) is 0 Å². The maximum Gasteiger partial charge on any atom is 0.0628 e. The third kappa shape index (κ3) is 3.18. The van der Waals surface area contributed by atoms with E-state index in [9.17, 15) is 5.11 Å². The molecule has 1 fully saturated rings. The summed E-state index contributed by atoms with van der Waals surface area (Å²) in [6.07, 6.45) is 5.18. The number of benzene rings is 1. The van der Waals surface area contributed by atoms with E-state index in [4.69, 9.17) is 0 Å². The Balaban J connectivity index is 2.00. The van der Waals surface area contributed by atoms with Crippen LogP contribution in [-0.4, -0.2) is 29.7 Å². The summed E-state index contributed by atoms with van der Waals surface area (Å²) < 4.78 is 0. The van der Waals surface area contributed by atoms with Crippen molar-refractivity contribution in [2.24, 2.45) is 5.41 Å². The van der Waals surface area contributed by atoms with Crippen LogP contribution in [0.3, 0.4) is 0 Å². The third-order valence-electron chi connectivity index (χ3n) is 4.44. The zero-order valence-electron chi connectivity index (χ0n) is 12.3. The molecular weight excluding hydrogens is 234 g/mol. The lowest BCUT2D eigenvalue weighted by atomic mass is 9.71. The molecule has 2 heteroatoms. The summed E-state index contributed by atoms with van der Waals surface area (Å²) in [7, 11) is 0. The molecule has 1 aromatic rings. The summed E-state index contributed by atoms with van der Waals surface area (Å²) in [6, 6.07) is 10.6. The molecule has 1 aliphatic heterocycles. The van der Waals surface area contributed by atoms with Crippen LogP contribution in [-0.2, 0) is 0 Å². The van der Waals surface area contributed by atoms with Crippen LogP contribution in [0.25, 0.3) is 0 Å². The Bertz CT molecular complexity index is 362. The predicted molar refractivity (Wildman–Crippen MR) is 80.1 cm³/mol. The molecule has 1 heterocycles. The van der Waals surface area contributed by atoms with E-state index in [1.54, 1.807) is 0 Å². The average molecular weight is 261 g/mol. The van der Waals surface area contributed by atoms with Crippen LogP contribution in [0.4, 0.5) is 0 Å². The van der Waals surface area contributed by atoms with E-state index in [2.05, 4.69) is 43.0 Å². The molecular formula is C17H27NO. The Morgan fingerprint density at radius 1 is 1.11 bits per heavy atom. The number of hydrogen-bond acceptors (Lipinski definition) is 2. The zero-order chi connectivity index (χ0) is 13.7. The van der Waals surface area contributed by atoms with E-state index in [1.807, 2.05) is 6.07 Å². The monoisotopic (exact) mass is 261 g/mol. The first-order valence-corrected chi connectivity index (χ1v) is 7.64. The van der Waals surface area contributed by atoms with Gasteiger partial charge in [-0.25, -0.2) is 0 Å². The van der Waals surface area contributed by atoms with Crippen molar-refractivity contribution in [2.75, 3.05) is 19.7 Å². The van der Waals surface area contributed by atoms with Gasteiger partial charge in [0.15, 0.2) is 0 Å². The molecule has 19 heavy (non-hydrogen) atoms. The first-order valence-electron chi connectivity index (χ1n) is 7.64. The number of aliphatic hydroxyl groups excluding tert-OH is 1. The molecule has 1 aliphatic rings. The minimum Gasteiger partial charge on any atom is -0.394 e. The Kier molecular flexibility index (Phi) is 5.00. The summed E-state index contributed by atoms with van der Waals surface area (Å²) in [4.78, 5) is 2.45. The second-order valence-corrected chi connectivity index (χ2v) is 6.01. The topological polar surface area (TPSA) is 23.5 Å². The zero-order valence-corrected chi connectivity index (χ0v) is 12.3. The molecule has 2 rings (SSSR count). The fourth-order valence-electron chi connectivity index (χ4n) is 3.64. The Hall–Kier alpha value is -0.860. The molecule has 0 radical (unpaired) electrons. The van der Waals surface area contributed by atoms with Gasteiger partial charge in [0.1, 0.15) is 0 Å². The molecule has 2 nitrogen and oxygen atoms in total. The highest BCUT2D eigenvalue weighted by atomic mass is 16.3. The fourth-order valence-corrected chi connectivity index (χ4v) is 3.64. The molecule has 1 N–H and O–H groups in total. The summed E-state index contributed by atoms with van der Waals surface area (Å²) in [6.45, 7) is 7.07. The van der Waals surface area contributed by atoms with Crippen molar-refractivity contribution < 1.29 is 5.11 Å². The number of aliphatic hydroxyl groups is 1. The number of rotatable bonds is 7. The number of nitrogens with zero attached hydrogens (tertiary/aromatic N) is 1. The molecule has 0 unspecified atom stereocenters. The Morgan fingerprint density at radius 3 is 2.16 bits per heavy atom. The molecule has 1 aromatic carbocycles. The Labute approximate surface area is 117 Å². The van der Waals surface area contributed by atoms with Gasteiger partial charge in [-0.3, -0.25) is 4.90 Å². The van der Waals surface area contributed by atoms with Crippen molar-refractivity contribution in [1.29, 1.82) is 0 Å². The van der Waals surface area contributed by atoms with E-state index in [0.29, 0.717) is 5.41 Å². The quantitative estimate of drug-likeness (QED) is 0.810. The molecule has 0 spiro atoms. The lowest BCUT2D eigenvalue weighted by molar-refractivity contribution is -0.0581. The highest BCUT2D eigenvalue weighted by Gasteiger charge is 2.43. The molecule has 0 bridgehead atoms. The highest BCUT2D eigenvalue weighted by Crippen LogP contribution is 2.43. The minimum atomic E-state index is 0.183. The van der Waals surface area contributed by atoms with Gasteiger partial charge in [-0.2, -0.15) is 0 Å². The van der Waals surface area contributed by atoms with Crippen LogP contribution in [0, 0.1) is 5.41 Å². The van der Waals surface area contributed by atoms with Crippen LogP contribution in [0.15, 0.2) is 30.3 Å². The first kappa shape index (κ1) is 14.5. The lowest BCUT2D eigenvalue weighted by Crippen LogP contribution is -2.57. The van der Waals surface area contributed by atoms with Gasteiger partial charge in [0.25, 0.3) is 0 Å². The average Bonchev–Trinajstić information content (AvgIpc) is 2.39. The van der Waals surface area contributed by atoms with Gasteiger partial charge in [-0.15, -0.1) is 0 Å². The number of likely N-dealkylation sites (tertiary alicyclic amines) is 1. The number of hydrogen-bond donors (Lipinski definition) is 1. The van der Waals surface area contributed by atoms with E-state index in [0.717, 1.165) is 13.1 Å². The van der Waals surface area contributed by atoms with Crippen LogP contribution in [0.2, 0.25) is 0 Å². The lowest BCUT2D eigenvalue weighted by Gasteiger charge is -2.53. The summed E-state index contributed by atoms with van der Waals surface area (Å²) in [5.74, 6) is 0.